The molecule has 0 fully saturated rings. The third kappa shape index (κ3) is 3.04. The van der Waals surface area contributed by atoms with E-state index in [1.807, 2.05) is 29.5 Å². The Labute approximate surface area is 133 Å². The molecule has 20 heavy (non-hydrogen) atoms. The summed E-state index contributed by atoms with van der Waals surface area (Å²) in [5.74, 6) is 0. The average molecular weight is 326 g/mol. The van der Waals surface area contributed by atoms with Crippen LogP contribution in [0.5, 0.6) is 0 Å². The highest BCUT2D eigenvalue weighted by Crippen LogP contribution is 2.33. The molecule has 0 amide bonds. The fraction of sp³-hybridized carbons (Fsp3) is 0.375. The molecule has 0 bridgehead atoms. The van der Waals surface area contributed by atoms with Gasteiger partial charge >= 0.3 is 0 Å². The Kier molecular flexibility index (Phi) is 4.37. The third-order valence-corrected chi connectivity index (χ3v) is 5.93. The van der Waals surface area contributed by atoms with Gasteiger partial charge in [-0.05, 0) is 61.4 Å². The summed E-state index contributed by atoms with van der Waals surface area (Å²) in [7, 11) is 0. The van der Waals surface area contributed by atoms with Crippen molar-refractivity contribution in [2.75, 3.05) is 0 Å². The molecule has 106 valence electrons. The molecule has 0 saturated carbocycles. The Balaban J connectivity index is 1.76. The molecule has 2 N–H and O–H groups in total. The van der Waals surface area contributed by atoms with Crippen LogP contribution < -0.4 is 5.73 Å². The molecule has 1 aromatic heterocycles. The Morgan fingerprint density at radius 1 is 1.10 bits per heavy atom. The predicted octanol–water partition coefficient (Wildman–Crippen LogP) is 5.18. The number of fused-ring (bicyclic) bond motifs is 1. The van der Waals surface area contributed by atoms with Crippen molar-refractivity contribution in [1.29, 1.82) is 0 Å². The summed E-state index contributed by atoms with van der Waals surface area (Å²) in [4.78, 5) is 2.83. The predicted molar refractivity (Wildman–Crippen MR) is 88.1 cm³/mol. The first kappa shape index (κ1) is 14.4. The van der Waals surface area contributed by atoms with Crippen molar-refractivity contribution in [3.05, 3.63) is 55.2 Å². The fourth-order valence-electron chi connectivity index (χ4n) is 2.72. The Morgan fingerprint density at radius 3 is 2.65 bits per heavy atom. The zero-order chi connectivity index (χ0) is 14.1. The Hall–Kier alpha value is -0.540. The highest BCUT2D eigenvalue weighted by Gasteiger charge is 2.17. The van der Waals surface area contributed by atoms with E-state index in [-0.39, 0.29) is 6.04 Å². The van der Waals surface area contributed by atoms with E-state index < -0.39 is 0 Å². The number of hydrogen-bond acceptors (Lipinski definition) is 2. The lowest BCUT2D eigenvalue weighted by Gasteiger charge is -2.10. The summed E-state index contributed by atoms with van der Waals surface area (Å²) in [5.41, 5.74) is 9.01. The smallest absolute Gasteiger partial charge is 0.0595 e. The fourth-order valence-corrected chi connectivity index (χ4v) is 4.30. The molecule has 4 heteroatoms. The maximum atomic E-state index is 6.36. The molecule has 1 heterocycles. The summed E-state index contributed by atoms with van der Waals surface area (Å²) in [6.45, 7) is 0. The minimum atomic E-state index is 0.0443. The van der Waals surface area contributed by atoms with Gasteiger partial charge in [-0.3, -0.25) is 0 Å². The van der Waals surface area contributed by atoms with E-state index in [1.54, 1.807) is 0 Å². The Bertz CT molecular complexity index is 597. The van der Waals surface area contributed by atoms with Crippen LogP contribution in [-0.2, 0) is 19.3 Å². The molecule has 1 aromatic carbocycles. The van der Waals surface area contributed by atoms with Gasteiger partial charge in [0.1, 0.15) is 0 Å². The molecular weight excluding hydrogens is 309 g/mol. The van der Waals surface area contributed by atoms with Crippen LogP contribution in [0.4, 0.5) is 0 Å². The number of nitrogens with two attached hydrogens (primary N) is 1. The second kappa shape index (κ2) is 6.07. The summed E-state index contributed by atoms with van der Waals surface area (Å²) in [6.07, 6.45) is 5.86. The van der Waals surface area contributed by atoms with Gasteiger partial charge in [0.05, 0.1) is 10.0 Å². The van der Waals surface area contributed by atoms with Gasteiger partial charge < -0.3 is 5.73 Å². The van der Waals surface area contributed by atoms with Crippen LogP contribution in [-0.4, -0.2) is 0 Å². The molecule has 2 aromatic rings. The first-order chi connectivity index (χ1) is 9.63. The summed E-state index contributed by atoms with van der Waals surface area (Å²) >= 11 is 13.9. The van der Waals surface area contributed by atoms with Crippen LogP contribution in [0.2, 0.25) is 10.0 Å². The first-order valence-corrected chi connectivity index (χ1v) is 8.51. The van der Waals surface area contributed by atoms with Crippen LogP contribution in [0.15, 0.2) is 24.3 Å². The van der Waals surface area contributed by atoms with E-state index in [1.165, 1.54) is 41.0 Å². The SMILES string of the molecule is NC(Cc1ccc(Cl)c(Cl)c1)c1cc2c(s1)CCCC2. The van der Waals surface area contributed by atoms with E-state index in [2.05, 4.69) is 6.07 Å². The lowest BCUT2D eigenvalue weighted by molar-refractivity contribution is 0.695. The average Bonchev–Trinajstić information content (AvgIpc) is 2.87. The number of hydrogen-bond donors (Lipinski definition) is 1. The molecular formula is C16H17Cl2NS. The third-order valence-electron chi connectivity index (χ3n) is 3.82. The van der Waals surface area contributed by atoms with Gasteiger partial charge in [-0.25, -0.2) is 0 Å². The number of halogens is 2. The zero-order valence-corrected chi connectivity index (χ0v) is 13.5. The second-order valence-electron chi connectivity index (χ2n) is 5.36. The van der Waals surface area contributed by atoms with Gasteiger partial charge in [-0.1, -0.05) is 29.3 Å². The zero-order valence-electron chi connectivity index (χ0n) is 11.2. The monoisotopic (exact) mass is 325 g/mol. The molecule has 3 rings (SSSR count). The highest BCUT2D eigenvalue weighted by molar-refractivity contribution is 7.12. The van der Waals surface area contributed by atoms with E-state index in [9.17, 15) is 0 Å². The van der Waals surface area contributed by atoms with Crippen molar-refractivity contribution in [2.45, 2.75) is 38.1 Å². The van der Waals surface area contributed by atoms with Gasteiger partial charge in [0.25, 0.3) is 0 Å². The normalized spacial score (nSPS) is 15.9. The van der Waals surface area contributed by atoms with Crippen molar-refractivity contribution < 1.29 is 0 Å². The lowest BCUT2D eigenvalue weighted by atomic mass is 9.98. The molecule has 0 aliphatic heterocycles. The Morgan fingerprint density at radius 2 is 1.90 bits per heavy atom. The largest absolute Gasteiger partial charge is 0.323 e. The maximum Gasteiger partial charge on any atom is 0.0595 e. The summed E-state index contributed by atoms with van der Waals surface area (Å²) in [6, 6.07) is 8.11. The second-order valence-corrected chi connectivity index (χ2v) is 7.35. The van der Waals surface area contributed by atoms with Crippen LogP contribution in [0.3, 0.4) is 0 Å². The quantitative estimate of drug-likeness (QED) is 0.827. The number of rotatable bonds is 3. The van der Waals surface area contributed by atoms with E-state index >= 15 is 0 Å². The van der Waals surface area contributed by atoms with Crippen LogP contribution in [0, 0.1) is 0 Å². The minimum Gasteiger partial charge on any atom is -0.323 e. The molecule has 0 spiro atoms. The molecule has 1 nitrogen and oxygen atoms in total. The van der Waals surface area contributed by atoms with Crippen LogP contribution >= 0.6 is 34.5 Å². The van der Waals surface area contributed by atoms with E-state index in [0.29, 0.717) is 10.0 Å². The molecule has 1 unspecified atom stereocenters. The van der Waals surface area contributed by atoms with Gasteiger partial charge in [-0.2, -0.15) is 0 Å². The minimum absolute atomic E-state index is 0.0443. The number of benzene rings is 1. The topological polar surface area (TPSA) is 26.0 Å². The molecule has 0 saturated heterocycles. The number of thiophene rings is 1. The molecule has 1 aliphatic carbocycles. The first-order valence-electron chi connectivity index (χ1n) is 6.94. The number of aryl methyl sites for hydroxylation is 2. The van der Waals surface area contributed by atoms with E-state index in [4.69, 9.17) is 28.9 Å². The van der Waals surface area contributed by atoms with Crippen LogP contribution in [0.25, 0.3) is 0 Å². The summed E-state index contributed by atoms with van der Waals surface area (Å²) < 4.78 is 0. The molecule has 1 atom stereocenters. The van der Waals surface area contributed by atoms with Gasteiger partial charge in [-0.15, -0.1) is 11.3 Å². The van der Waals surface area contributed by atoms with Gasteiger partial charge in [0.2, 0.25) is 0 Å². The van der Waals surface area contributed by atoms with Crippen molar-refractivity contribution in [3.63, 3.8) is 0 Å². The maximum absolute atomic E-state index is 6.36. The van der Waals surface area contributed by atoms with Crippen LogP contribution in [0.1, 0.15) is 39.8 Å². The van der Waals surface area contributed by atoms with Crippen molar-refractivity contribution >= 4 is 34.5 Å². The van der Waals surface area contributed by atoms with Gasteiger partial charge in [0, 0.05) is 15.8 Å². The van der Waals surface area contributed by atoms with E-state index in [0.717, 1.165) is 12.0 Å². The molecule has 1 aliphatic rings. The van der Waals surface area contributed by atoms with Crippen molar-refractivity contribution in [2.24, 2.45) is 5.73 Å². The van der Waals surface area contributed by atoms with Crippen molar-refractivity contribution in [3.8, 4) is 0 Å². The van der Waals surface area contributed by atoms with Crippen molar-refractivity contribution in [1.82, 2.24) is 0 Å². The summed E-state index contributed by atoms with van der Waals surface area (Å²) in [5, 5.41) is 1.19. The molecule has 0 radical (unpaired) electrons. The van der Waals surface area contributed by atoms with Gasteiger partial charge in [0.15, 0.2) is 0 Å². The standard InChI is InChI=1S/C16H17Cl2NS/c17-12-6-5-10(7-13(12)18)8-14(19)16-9-11-3-1-2-4-15(11)20-16/h5-7,9,14H,1-4,8,19H2. The highest BCUT2D eigenvalue weighted by atomic mass is 35.5. The lowest BCUT2D eigenvalue weighted by Crippen LogP contribution is -2.11.